The number of carbonyl (C=O) groups is 1. The molecule has 26 heavy (non-hydrogen) atoms. The Balaban J connectivity index is 1.95. The van der Waals surface area contributed by atoms with Gasteiger partial charge in [-0.25, -0.2) is 9.18 Å². The van der Waals surface area contributed by atoms with E-state index in [0.717, 1.165) is 18.2 Å². The van der Waals surface area contributed by atoms with Crippen LogP contribution in [0.2, 0.25) is 5.02 Å². The molecule has 1 aliphatic rings. The van der Waals surface area contributed by atoms with Gasteiger partial charge < -0.3 is 14.6 Å². The highest BCUT2D eigenvalue weighted by Crippen LogP contribution is 2.39. The van der Waals surface area contributed by atoms with E-state index in [1.54, 1.807) is 0 Å². The number of fused-ring (bicyclic) bond motifs is 1. The fourth-order valence-corrected chi connectivity index (χ4v) is 2.49. The average Bonchev–Trinajstić information content (AvgIpc) is 2.55. The fourth-order valence-electron chi connectivity index (χ4n) is 2.34. The van der Waals surface area contributed by atoms with Crippen molar-refractivity contribution in [1.82, 2.24) is 0 Å². The second-order valence-electron chi connectivity index (χ2n) is 5.32. The Kier molecular flexibility index (Phi) is 4.53. The van der Waals surface area contributed by atoms with E-state index < -0.39 is 29.6 Å². The maximum Gasteiger partial charge on any atom is 0.430 e. The number of halogens is 5. The molecular formula is C17H9ClF4O4. The van der Waals surface area contributed by atoms with E-state index in [0.29, 0.717) is 0 Å². The first-order valence-corrected chi connectivity index (χ1v) is 7.48. The van der Waals surface area contributed by atoms with Crippen LogP contribution in [0.4, 0.5) is 17.6 Å². The number of alkyl halides is 3. The van der Waals surface area contributed by atoms with E-state index in [4.69, 9.17) is 26.2 Å². The fraction of sp³-hybridized carbons (Fsp3) is 0.118. The highest BCUT2D eigenvalue weighted by Gasteiger charge is 2.48. The Bertz CT molecular complexity index is 908. The van der Waals surface area contributed by atoms with Crippen molar-refractivity contribution in [1.29, 1.82) is 0 Å². The van der Waals surface area contributed by atoms with Crippen LogP contribution in [0.25, 0.3) is 6.08 Å². The van der Waals surface area contributed by atoms with Gasteiger partial charge in [-0.2, -0.15) is 13.2 Å². The molecule has 0 aromatic heterocycles. The maximum absolute atomic E-state index is 13.8. The number of hydrogen-bond donors (Lipinski definition) is 1. The molecule has 1 unspecified atom stereocenters. The number of ether oxygens (including phenoxy) is 2. The summed E-state index contributed by atoms with van der Waals surface area (Å²) in [6.45, 7) is 0. The predicted molar refractivity (Wildman–Crippen MR) is 84.0 cm³/mol. The van der Waals surface area contributed by atoms with Gasteiger partial charge in [-0.15, -0.1) is 0 Å². The lowest BCUT2D eigenvalue weighted by molar-refractivity contribution is -0.187. The van der Waals surface area contributed by atoms with E-state index in [1.807, 2.05) is 0 Å². The van der Waals surface area contributed by atoms with Crippen molar-refractivity contribution >= 4 is 23.6 Å². The van der Waals surface area contributed by atoms with Crippen molar-refractivity contribution in [3.63, 3.8) is 0 Å². The Hall–Kier alpha value is -2.74. The van der Waals surface area contributed by atoms with E-state index in [2.05, 4.69) is 0 Å². The van der Waals surface area contributed by atoms with Crippen molar-refractivity contribution in [2.24, 2.45) is 0 Å². The standard InChI is InChI=1S/C17H9ClF4O4/c18-9-2-4-13(12(19)6-9)25-10-3-1-8-5-11(16(23)24)15(17(20,21)22)26-14(8)7-10/h1-7,15H,(H,23,24). The zero-order valence-corrected chi connectivity index (χ0v) is 13.4. The third kappa shape index (κ3) is 3.60. The number of aliphatic carboxylic acids is 1. The van der Waals surface area contributed by atoms with Crippen molar-refractivity contribution in [3.8, 4) is 17.2 Å². The van der Waals surface area contributed by atoms with Gasteiger partial charge in [-0.1, -0.05) is 11.6 Å². The molecule has 0 saturated carbocycles. The third-order valence-corrected chi connectivity index (χ3v) is 3.72. The number of carboxylic acids is 1. The molecule has 1 N–H and O–H groups in total. The van der Waals surface area contributed by atoms with E-state index >= 15 is 0 Å². The molecule has 0 bridgehead atoms. The first kappa shape index (κ1) is 18.1. The molecule has 1 heterocycles. The molecule has 4 nitrogen and oxygen atoms in total. The Labute approximate surface area is 149 Å². The van der Waals surface area contributed by atoms with Crippen LogP contribution >= 0.6 is 11.6 Å². The van der Waals surface area contributed by atoms with Crippen LogP contribution in [-0.4, -0.2) is 23.4 Å². The minimum Gasteiger partial charge on any atom is -0.478 e. The monoisotopic (exact) mass is 388 g/mol. The summed E-state index contributed by atoms with van der Waals surface area (Å²) < 4.78 is 63.1. The van der Waals surface area contributed by atoms with Crippen LogP contribution in [0, 0.1) is 5.82 Å². The summed E-state index contributed by atoms with van der Waals surface area (Å²) in [4.78, 5) is 11.1. The lowest BCUT2D eigenvalue weighted by Gasteiger charge is -2.27. The van der Waals surface area contributed by atoms with Crippen molar-refractivity contribution in [3.05, 3.63) is 58.4 Å². The second kappa shape index (κ2) is 6.53. The summed E-state index contributed by atoms with van der Waals surface area (Å²) in [6.07, 6.45) is -6.65. The second-order valence-corrected chi connectivity index (χ2v) is 5.76. The van der Waals surface area contributed by atoms with Crippen LogP contribution < -0.4 is 9.47 Å². The van der Waals surface area contributed by atoms with Crippen LogP contribution in [-0.2, 0) is 4.79 Å². The predicted octanol–water partition coefficient (Wildman–Crippen LogP) is 5.06. The van der Waals surface area contributed by atoms with Crippen LogP contribution in [0.3, 0.4) is 0 Å². The lowest BCUT2D eigenvalue weighted by atomic mass is 10.0. The quantitative estimate of drug-likeness (QED) is 0.746. The van der Waals surface area contributed by atoms with Crippen LogP contribution in [0.5, 0.6) is 17.2 Å². The topological polar surface area (TPSA) is 55.8 Å². The summed E-state index contributed by atoms with van der Waals surface area (Å²) in [7, 11) is 0. The van der Waals surface area contributed by atoms with Crippen molar-refractivity contribution in [2.45, 2.75) is 12.3 Å². The minimum absolute atomic E-state index is 0.0121. The van der Waals surface area contributed by atoms with Crippen LogP contribution in [0.15, 0.2) is 42.0 Å². The van der Waals surface area contributed by atoms with Gasteiger partial charge in [0.25, 0.3) is 0 Å². The normalized spacial score (nSPS) is 16.3. The minimum atomic E-state index is -4.92. The first-order valence-electron chi connectivity index (χ1n) is 7.10. The summed E-state index contributed by atoms with van der Waals surface area (Å²) in [6, 6.07) is 7.45. The van der Waals surface area contributed by atoms with Crippen molar-refractivity contribution < 1.29 is 36.9 Å². The average molecular weight is 389 g/mol. The van der Waals surface area contributed by atoms with E-state index in [1.165, 1.54) is 24.3 Å². The molecule has 1 aliphatic heterocycles. The Morgan fingerprint density at radius 2 is 1.92 bits per heavy atom. The van der Waals surface area contributed by atoms with Gasteiger partial charge in [0.1, 0.15) is 11.5 Å². The molecule has 0 fully saturated rings. The van der Waals surface area contributed by atoms with Gasteiger partial charge in [-0.05, 0) is 36.4 Å². The summed E-state index contributed by atoms with van der Waals surface area (Å²) in [5.41, 5.74) is -0.797. The molecular weight excluding hydrogens is 380 g/mol. The zero-order chi connectivity index (χ0) is 19.1. The largest absolute Gasteiger partial charge is 0.478 e. The third-order valence-electron chi connectivity index (χ3n) is 3.49. The van der Waals surface area contributed by atoms with Gasteiger partial charge in [0.15, 0.2) is 11.6 Å². The Morgan fingerprint density at radius 1 is 1.19 bits per heavy atom. The zero-order valence-electron chi connectivity index (χ0n) is 12.7. The molecule has 2 aromatic rings. The van der Waals surface area contributed by atoms with Gasteiger partial charge in [0.05, 0.1) is 5.57 Å². The highest BCUT2D eigenvalue weighted by molar-refractivity contribution is 6.30. The molecule has 136 valence electrons. The number of hydrogen-bond acceptors (Lipinski definition) is 3. The first-order chi connectivity index (χ1) is 12.1. The summed E-state index contributed by atoms with van der Waals surface area (Å²) in [5.74, 6) is -2.89. The summed E-state index contributed by atoms with van der Waals surface area (Å²) in [5, 5.41) is 9.13. The van der Waals surface area contributed by atoms with E-state index in [9.17, 15) is 22.4 Å². The molecule has 9 heteroatoms. The SMILES string of the molecule is O=C(O)C1=Cc2ccc(Oc3ccc(Cl)cc3F)cc2OC1C(F)(F)F. The molecule has 0 saturated heterocycles. The van der Waals surface area contributed by atoms with Crippen molar-refractivity contribution in [2.75, 3.05) is 0 Å². The maximum atomic E-state index is 13.8. The summed E-state index contributed by atoms with van der Waals surface area (Å²) >= 11 is 5.64. The number of benzene rings is 2. The van der Waals surface area contributed by atoms with Gasteiger partial charge in [0, 0.05) is 16.7 Å². The molecule has 0 aliphatic carbocycles. The van der Waals surface area contributed by atoms with Gasteiger partial charge >= 0.3 is 12.1 Å². The highest BCUT2D eigenvalue weighted by atomic mass is 35.5. The number of carboxylic acid groups (broad SMARTS) is 1. The molecule has 0 amide bonds. The molecule has 3 rings (SSSR count). The molecule has 0 radical (unpaired) electrons. The lowest BCUT2D eigenvalue weighted by Crippen LogP contribution is -2.40. The Morgan fingerprint density at radius 3 is 2.54 bits per heavy atom. The van der Waals surface area contributed by atoms with Gasteiger partial charge in [-0.3, -0.25) is 0 Å². The van der Waals surface area contributed by atoms with E-state index in [-0.39, 0.29) is 27.8 Å². The molecule has 2 aromatic carbocycles. The van der Waals surface area contributed by atoms with Crippen LogP contribution in [0.1, 0.15) is 5.56 Å². The van der Waals surface area contributed by atoms with Gasteiger partial charge in [0.2, 0.25) is 6.10 Å². The molecule has 0 spiro atoms. The molecule has 1 atom stereocenters. The number of rotatable bonds is 3. The smallest absolute Gasteiger partial charge is 0.430 e.